The van der Waals surface area contributed by atoms with Crippen LogP contribution in [0.15, 0.2) is 47.5 Å². The third-order valence-electron chi connectivity index (χ3n) is 3.95. The van der Waals surface area contributed by atoms with Gasteiger partial charge in [-0.2, -0.15) is 0 Å². The SMILES string of the molecule is Cc1ccc2nc(-c3ccc(NC(=O)C(=O)NC4=NCCS4)cc3)sc2c1. The van der Waals surface area contributed by atoms with Crippen LogP contribution in [0.3, 0.4) is 0 Å². The van der Waals surface area contributed by atoms with Crippen LogP contribution < -0.4 is 10.6 Å². The molecule has 1 aromatic heterocycles. The van der Waals surface area contributed by atoms with Gasteiger partial charge in [-0.25, -0.2) is 4.98 Å². The Morgan fingerprint density at radius 3 is 2.56 bits per heavy atom. The van der Waals surface area contributed by atoms with Crippen molar-refractivity contribution in [2.75, 3.05) is 17.6 Å². The van der Waals surface area contributed by atoms with E-state index in [4.69, 9.17) is 0 Å². The van der Waals surface area contributed by atoms with Crippen molar-refractivity contribution in [2.45, 2.75) is 6.92 Å². The molecule has 0 atom stereocenters. The van der Waals surface area contributed by atoms with Gasteiger partial charge in [0.2, 0.25) is 0 Å². The number of carbonyl (C=O) groups is 2. The van der Waals surface area contributed by atoms with E-state index in [-0.39, 0.29) is 0 Å². The number of aliphatic imine (C=N–C) groups is 1. The Morgan fingerprint density at radius 1 is 1.04 bits per heavy atom. The number of benzene rings is 2. The topological polar surface area (TPSA) is 83.5 Å². The molecule has 2 heterocycles. The quantitative estimate of drug-likeness (QED) is 0.650. The number of aryl methyl sites for hydroxylation is 1. The largest absolute Gasteiger partial charge is 0.318 e. The van der Waals surface area contributed by atoms with Crippen molar-refractivity contribution in [1.29, 1.82) is 0 Å². The van der Waals surface area contributed by atoms with Gasteiger partial charge in [-0.15, -0.1) is 11.3 Å². The fourth-order valence-corrected chi connectivity index (χ4v) is 4.40. The van der Waals surface area contributed by atoms with Crippen molar-refractivity contribution in [3.63, 3.8) is 0 Å². The molecule has 27 heavy (non-hydrogen) atoms. The average molecular weight is 396 g/mol. The molecular weight excluding hydrogens is 380 g/mol. The summed E-state index contributed by atoms with van der Waals surface area (Å²) >= 11 is 3.06. The fourth-order valence-electron chi connectivity index (χ4n) is 2.60. The predicted molar refractivity (Wildman–Crippen MR) is 111 cm³/mol. The van der Waals surface area contributed by atoms with Crippen LogP contribution in [0.5, 0.6) is 0 Å². The van der Waals surface area contributed by atoms with E-state index < -0.39 is 11.8 Å². The van der Waals surface area contributed by atoms with Gasteiger partial charge < -0.3 is 5.32 Å². The van der Waals surface area contributed by atoms with Crippen LogP contribution >= 0.6 is 23.1 Å². The van der Waals surface area contributed by atoms with Crippen molar-refractivity contribution >= 4 is 56.0 Å². The van der Waals surface area contributed by atoms with Crippen LogP contribution in [0.25, 0.3) is 20.8 Å². The van der Waals surface area contributed by atoms with Crippen molar-refractivity contribution in [2.24, 2.45) is 4.99 Å². The third-order valence-corrected chi connectivity index (χ3v) is 5.90. The molecule has 0 fully saturated rings. The van der Waals surface area contributed by atoms with Gasteiger partial charge >= 0.3 is 11.8 Å². The monoisotopic (exact) mass is 396 g/mol. The van der Waals surface area contributed by atoms with Crippen molar-refractivity contribution in [3.05, 3.63) is 48.0 Å². The van der Waals surface area contributed by atoms with E-state index in [0.717, 1.165) is 26.5 Å². The Bertz CT molecular complexity index is 1060. The maximum Gasteiger partial charge on any atom is 0.315 e. The normalized spacial score (nSPS) is 13.4. The molecule has 2 aromatic carbocycles. The minimum atomic E-state index is -0.714. The summed E-state index contributed by atoms with van der Waals surface area (Å²) in [5, 5.41) is 6.52. The number of thioether (sulfide) groups is 1. The van der Waals surface area contributed by atoms with Gasteiger partial charge in [0, 0.05) is 17.0 Å². The summed E-state index contributed by atoms with van der Waals surface area (Å²) in [5.74, 6) is -0.605. The second kappa shape index (κ2) is 7.50. The Kier molecular flexibility index (Phi) is 4.91. The van der Waals surface area contributed by atoms with Gasteiger partial charge in [-0.05, 0) is 48.9 Å². The highest BCUT2D eigenvalue weighted by atomic mass is 32.2. The molecule has 136 valence electrons. The smallest absolute Gasteiger partial charge is 0.315 e. The number of fused-ring (bicyclic) bond motifs is 1. The van der Waals surface area contributed by atoms with E-state index in [1.165, 1.54) is 17.3 Å². The molecule has 0 unspecified atom stereocenters. The molecule has 2 N–H and O–H groups in total. The van der Waals surface area contributed by atoms with Crippen molar-refractivity contribution in [3.8, 4) is 10.6 Å². The molecule has 0 saturated heterocycles. The first-order valence-corrected chi connectivity index (χ1v) is 10.2. The first kappa shape index (κ1) is 17.7. The highest BCUT2D eigenvalue weighted by molar-refractivity contribution is 8.14. The Labute approximate surface area is 164 Å². The summed E-state index contributed by atoms with van der Waals surface area (Å²) in [6.07, 6.45) is 0. The molecule has 1 aliphatic heterocycles. The number of nitrogens with zero attached hydrogens (tertiary/aromatic N) is 2. The first-order chi connectivity index (χ1) is 13.1. The molecule has 0 radical (unpaired) electrons. The lowest BCUT2D eigenvalue weighted by Crippen LogP contribution is -2.37. The zero-order valence-electron chi connectivity index (χ0n) is 14.5. The zero-order chi connectivity index (χ0) is 18.8. The van der Waals surface area contributed by atoms with Gasteiger partial charge in [0.25, 0.3) is 0 Å². The number of hydrogen-bond acceptors (Lipinski definition) is 6. The predicted octanol–water partition coefficient (Wildman–Crippen LogP) is 3.43. The summed E-state index contributed by atoms with van der Waals surface area (Å²) in [6.45, 7) is 2.72. The van der Waals surface area contributed by atoms with E-state index in [1.807, 2.05) is 24.3 Å². The standard InChI is InChI=1S/C19H16N4O2S2/c1-11-2-7-14-15(10-11)27-18(22-14)12-3-5-13(6-4-12)21-16(24)17(25)23-19-20-8-9-26-19/h2-7,10H,8-9H2,1H3,(H,21,24)(H,20,23,25). The third kappa shape index (κ3) is 4.01. The van der Waals surface area contributed by atoms with E-state index in [2.05, 4.69) is 33.6 Å². The highest BCUT2D eigenvalue weighted by Crippen LogP contribution is 2.31. The van der Waals surface area contributed by atoms with E-state index in [9.17, 15) is 9.59 Å². The molecule has 0 spiro atoms. The minimum Gasteiger partial charge on any atom is -0.318 e. The molecule has 0 saturated carbocycles. The number of aromatic nitrogens is 1. The van der Waals surface area contributed by atoms with Crippen LogP contribution in [0.2, 0.25) is 0 Å². The maximum atomic E-state index is 12.0. The van der Waals surface area contributed by atoms with Crippen LogP contribution in [-0.2, 0) is 9.59 Å². The number of nitrogens with one attached hydrogen (secondary N) is 2. The number of hydrogen-bond donors (Lipinski definition) is 2. The lowest BCUT2D eigenvalue weighted by molar-refractivity contribution is -0.135. The average Bonchev–Trinajstić information content (AvgIpc) is 3.31. The zero-order valence-corrected chi connectivity index (χ0v) is 16.1. The number of anilines is 1. The van der Waals surface area contributed by atoms with Gasteiger partial charge in [0.15, 0.2) is 5.17 Å². The molecule has 3 aromatic rings. The Hall–Kier alpha value is -2.71. The van der Waals surface area contributed by atoms with Crippen LogP contribution in [0.1, 0.15) is 5.56 Å². The number of amidine groups is 1. The van der Waals surface area contributed by atoms with E-state index >= 15 is 0 Å². The number of carbonyl (C=O) groups excluding carboxylic acids is 2. The summed E-state index contributed by atoms with van der Waals surface area (Å²) in [5.41, 5.74) is 3.70. The molecule has 6 nitrogen and oxygen atoms in total. The lowest BCUT2D eigenvalue weighted by Gasteiger charge is -2.06. The second-order valence-corrected chi connectivity index (χ2v) is 8.13. The molecule has 8 heteroatoms. The number of rotatable bonds is 2. The summed E-state index contributed by atoms with van der Waals surface area (Å²) in [4.78, 5) is 32.6. The molecule has 4 rings (SSSR count). The van der Waals surface area contributed by atoms with Gasteiger partial charge in [0.05, 0.1) is 16.8 Å². The van der Waals surface area contributed by atoms with Crippen molar-refractivity contribution in [1.82, 2.24) is 10.3 Å². The summed E-state index contributed by atoms with van der Waals surface area (Å²) < 4.78 is 1.15. The van der Waals surface area contributed by atoms with Gasteiger partial charge in [-0.3, -0.25) is 19.9 Å². The van der Waals surface area contributed by atoms with Crippen molar-refractivity contribution < 1.29 is 9.59 Å². The highest BCUT2D eigenvalue weighted by Gasteiger charge is 2.18. The number of thiazole rings is 1. The lowest BCUT2D eigenvalue weighted by atomic mass is 10.2. The van der Waals surface area contributed by atoms with E-state index in [1.54, 1.807) is 23.5 Å². The second-order valence-electron chi connectivity index (χ2n) is 6.01. The Balaban J connectivity index is 1.44. The van der Waals surface area contributed by atoms with Gasteiger partial charge in [0.1, 0.15) is 5.01 Å². The minimum absolute atomic E-state index is 0.497. The Morgan fingerprint density at radius 2 is 1.81 bits per heavy atom. The van der Waals surface area contributed by atoms with Gasteiger partial charge in [-0.1, -0.05) is 17.8 Å². The van der Waals surface area contributed by atoms with E-state index in [0.29, 0.717) is 17.4 Å². The molecule has 2 amide bonds. The summed E-state index contributed by atoms with van der Waals surface area (Å²) in [7, 11) is 0. The van der Waals surface area contributed by atoms with Crippen LogP contribution in [0.4, 0.5) is 5.69 Å². The van der Waals surface area contributed by atoms with Crippen LogP contribution in [0, 0.1) is 6.92 Å². The molecular formula is C19H16N4O2S2. The molecule has 0 aliphatic carbocycles. The van der Waals surface area contributed by atoms with Crippen LogP contribution in [-0.4, -0.2) is 34.3 Å². The maximum absolute atomic E-state index is 12.0. The number of amides is 2. The first-order valence-electron chi connectivity index (χ1n) is 8.36. The molecule has 1 aliphatic rings. The molecule has 0 bridgehead atoms. The fraction of sp³-hybridized carbons (Fsp3) is 0.158. The summed E-state index contributed by atoms with van der Waals surface area (Å²) in [6, 6.07) is 13.5.